The number of ether oxygens (including phenoxy) is 1. The maximum absolute atomic E-state index is 11.9. The Kier molecular flexibility index (Phi) is 5.70. The van der Waals surface area contributed by atoms with E-state index in [9.17, 15) is 18.0 Å². The number of sulfonamides is 1. The Hall–Kier alpha value is -1.19. The summed E-state index contributed by atoms with van der Waals surface area (Å²) < 4.78 is 29.8. The van der Waals surface area contributed by atoms with Crippen LogP contribution in [0.5, 0.6) is 0 Å². The first-order valence-electron chi connectivity index (χ1n) is 5.95. The van der Waals surface area contributed by atoms with Crippen LogP contribution in [0.2, 0.25) is 0 Å². The Bertz CT molecular complexity index is 435. The third-order valence-corrected chi connectivity index (χ3v) is 4.36. The molecular formula is C10H18N2O6S. The van der Waals surface area contributed by atoms with Gasteiger partial charge in [0.05, 0.1) is 13.2 Å². The van der Waals surface area contributed by atoms with Crippen LogP contribution in [0.15, 0.2) is 0 Å². The number of nitrogens with zero attached hydrogens (tertiary/aromatic N) is 1. The molecule has 1 aliphatic rings. The number of carboxylic acids is 1. The molecule has 1 atom stereocenters. The molecule has 0 aromatic heterocycles. The van der Waals surface area contributed by atoms with E-state index in [-0.39, 0.29) is 19.8 Å². The van der Waals surface area contributed by atoms with Gasteiger partial charge in [-0.05, 0) is 6.42 Å². The average Bonchev–Trinajstić information content (AvgIpc) is 2.34. The summed E-state index contributed by atoms with van der Waals surface area (Å²) >= 11 is 0. The fourth-order valence-electron chi connectivity index (χ4n) is 1.73. The van der Waals surface area contributed by atoms with Crippen LogP contribution in [0.25, 0.3) is 0 Å². The van der Waals surface area contributed by atoms with Crippen LogP contribution in [-0.4, -0.2) is 67.8 Å². The molecule has 2 N–H and O–H groups in total. The monoisotopic (exact) mass is 294 g/mol. The van der Waals surface area contributed by atoms with Gasteiger partial charge in [0.1, 0.15) is 6.04 Å². The molecule has 0 aromatic carbocycles. The Balaban J connectivity index is 2.83. The Morgan fingerprint density at radius 1 is 1.47 bits per heavy atom. The van der Waals surface area contributed by atoms with Gasteiger partial charge in [-0.25, -0.2) is 8.42 Å². The molecule has 1 aliphatic heterocycles. The van der Waals surface area contributed by atoms with Crippen LogP contribution in [0.4, 0.5) is 0 Å². The number of aliphatic carboxylic acids is 1. The Morgan fingerprint density at radius 2 is 2.16 bits per heavy atom. The van der Waals surface area contributed by atoms with Crippen molar-refractivity contribution in [3.63, 3.8) is 0 Å². The standard InChI is InChI=1S/C10H18N2O6S/c1-2-3-11-10(15)8-6-18-5-4-12(8)19(16,17)7-9(13)14/h8H,2-7H2,1H3,(H,11,15)(H,13,14). The fourth-order valence-corrected chi connectivity index (χ4v) is 3.11. The number of hydrogen-bond acceptors (Lipinski definition) is 5. The number of carboxylic acid groups (broad SMARTS) is 1. The Labute approximate surface area is 111 Å². The summed E-state index contributed by atoms with van der Waals surface area (Å²) in [5.41, 5.74) is 0. The van der Waals surface area contributed by atoms with E-state index < -0.39 is 33.7 Å². The summed E-state index contributed by atoms with van der Waals surface area (Å²) in [7, 11) is -4.01. The highest BCUT2D eigenvalue weighted by Gasteiger charge is 2.38. The molecule has 8 nitrogen and oxygen atoms in total. The van der Waals surface area contributed by atoms with Gasteiger partial charge in [-0.3, -0.25) is 9.59 Å². The molecule has 9 heteroatoms. The zero-order valence-corrected chi connectivity index (χ0v) is 11.5. The fraction of sp³-hybridized carbons (Fsp3) is 0.800. The van der Waals surface area contributed by atoms with E-state index in [2.05, 4.69) is 5.32 Å². The highest BCUT2D eigenvalue weighted by molar-refractivity contribution is 7.89. The van der Waals surface area contributed by atoms with Crippen LogP contribution in [0, 0.1) is 0 Å². The molecule has 0 saturated carbocycles. The lowest BCUT2D eigenvalue weighted by molar-refractivity contribution is -0.134. The molecular weight excluding hydrogens is 276 g/mol. The first-order chi connectivity index (χ1) is 8.88. The second kappa shape index (κ2) is 6.83. The van der Waals surface area contributed by atoms with Gasteiger partial charge in [0, 0.05) is 13.1 Å². The molecule has 1 saturated heterocycles. The smallest absolute Gasteiger partial charge is 0.320 e. The van der Waals surface area contributed by atoms with Crippen LogP contribution >= 0.6 is 0 Å². The average molecular weight is 294 g/mol. The number of morpholine rings is 1. The van der Waals surface area contributed by atoms with Gasteiger partial charge in [-0.2, -0.15) is 4.31 Å². The zero-order chi connectivity index (χ0) is 14.5. The third-order valence-electron chi connectivity index (χ3n) is 2.59. The second-order valence-corrected chi connectivity index (χ2v) is 6.06. The summed E-state index contributed by atoms with van der Waals surface area (Å²) in [6, 6.07) is -0.996. The van der Waals surface area contributed by atoms with Gasteiger partial charge in [-0.15, -0.1) is 0 Å². The Morgan fingerprint density at radius 3 is 2.74 bits per heavy atom. The van der Waals surface area contributed by atoms with Crippen molar-refractivity contribution >= 4 is 21.9 Å². The predicted molar refractivity (Wildman–Crippen MR) is 66.0 cm³/mol. The van der Waals surface area contributed by atoms with E-state index in [1.165, 1.54) is 0 Å². The lowest BCUT2D eigenvalue weighted by atomic mass is 10.2. The van der Waals surface area contributed by atoms with E-state index in [1.807, 2.05) is 6.92 Å². The molecule has 0 bridgehead atoms. The predicted octanol–water partition coefficient (Wildman–Crippen LogP) is -1.37. The van der Waals surface area contributed by atoms with E-state index in [0.717, 1.165) is 10.7 Å². The SMILES string of the molecule is CCCNC(=O)C1COCCN1S(=O)(=O)CC(=O)O. The van der Waals surface area contributed by atoms with Crippen LogP contribution in [0.3, 0.4) is 0 Å². The van der Waals surface area contributed by atoms with Crippen LogP contribution in [-0.2, 0) is 24.3 Å². The summed E-state index contributed by atoms with van der Waals surface area (Å²) in [6.45, 7) is 2.38. The van der Waals surface area contributed by atoms with E-state index >= 15 is 0 Å². The molecule has 1 fully saturated rings. The van der Waals surface area contributed by atoms with E-state index in [1.54, 1.807) is 0 Å². The van der Waals surface area contributed by atoms with Crippen molar-refractivity contribution in [3.8, 4) is 0 Å². The number of carbonyl (C=O) groups excluding carboxylic acids is 1. The van der Waals surface area contributed by atoms with Gasteiger partial charge >= 0.3 is 5.97 Å². The third kappa shape index (κ3) is 4.44. The first kappa shape index (κ1) is 15.9. The highest BCUT2D eigenvalue weighted by atomic mass is 32.2. The number of amides is 1. The van der Waals surface area contributed by atoms with Crippen molar-refractivity contribution in [3.05, 3.63) is 0 Å². The molecule has 0 aromatic rings. The molecule has 19 heavy (non-hydrogen) atoms. The van der Waals surface area contributed by atoms with Crippen molar-refractivity contribution in [1.82, 2.24) is 9.62 Å². The largest absolute Gasteiger partial charge is 0.480 e. The van der Waals surface area contributed by atoms with Gasteiger partial charge in [0.15, 0.2) is 5.75 Å². The molecule has 0 aliphatic carbocycles. The molecule has 1 unspecified atom stereocenters. The molecule has 110 valence electrons. The van der Waals surface area contributed by atoms with Crippen molar-refractivity contribution in [2.24, 2.45) is 0 Å². The quantitative estimate of drug-likeness (QED) is 0.625. The normalized spacial score (nSPS) is 21.0. The second-order valence-electron chi connectivity index (χ2n) is 4.14. The minimum Gasteiger partial charge on any atom is -0.480 e. The van der Waals surface area contributed by atoms with Gasteiger partial charge < -0.3 is 15.2 Å². The minimum atomic E-state index is -4.01. The highest BCUT2D eigenvalue weighted by Crippen LogP contribution is 2.13. The van der Waals surface area contributed by atoms with Crippen molar-refractivity contribution in [1.29, 1.82) is 0 Å². The van der Waals surface area contributed by atoms with Crippen molar-refractivity contribution in [2.75, 3.05) is 32.1 Å². The van der Waals surface area contributed by atoms with Crippen molar-refractivity contribution in [2.45, 2.75) is 19.4 Å². The maximum Gasteiger partial charge on any atom is 0.320 e. The number of carbonyl (C=O) groups is 2. The van der Waals surface area contributed by atoms with Gasteiger partial charge in [0.25, 0.3) is 0 Å². The molecule has 0 spiro atoms. The molecule has 1 amide bonds. The number of rotatable bonds is 6. The summed E-state index contributed by atoms with van der Waals surface area (Å²) in [6.07, 6.45) is 0.723. The zero-order valence-electron chi connectivity index (χ0n) is 10.7. The molecule has 0 radical (unpaired) electrons. The van der Waals surface area contributed by atoms with E-state index in [4.69, 9.17) is 9.84 Å². The minimum absolute atomic E-state index is 0.0141. The summed E-state index contributed by atoms with van der Waals surface area (Å²) in [4.78, 5) is 22.4. The number of nitrogens with one attached hydrogen (secondary N) is 1. The summed E-state index contributed by atoms with van der Waals surface area (Å²) in [5, 5.41) is 11.2. The lowest BCUT2D eigenvalue weighted by Crippen LogP contribution is -2.56. The summed E-state index contributed by atoms with van der Waals surface area (Å²) in [5.74, 6) is -2.93. The number of hydrogen-bond donors (Lipinski definition) is 2. The van der Waals surface area contributed by atoms with Crippen molar-refractivity contribution < 1.29 is 27.9 Å². The lowest BCUT2D eigenvalue weighted by Gasteiger charge is -2.33. The van der Waals surface area contributed by atoms with E-state index in [0.29, 0.717) is 6.54 Å². The van der Waals surface area contributed by atoms with Gasteiger partial charge in [-0.1, -0.05) is 6.92 Å². The maximum atomic E-state index is 11.9. The first-order valence-corrected chi connectivity index (χ1v) is 7.56. The topological polar surface area (TPSA) is 113 Å². The molecule has 1 heterocycles. The van der Waals surface area contributed by atoms with Crippen LogP contribution in [0.1, 0.15) is 13.3 Å². The van der Waals surface area contributed by atoms with Crippen LogP contribution < -0.4 is 5.32 Å². The van der Waals surface area contributed by atoms with Gasteiger partial charge in [0.2, 0.25) is 15.9 Å². The molecule has 1 rings (SSSR count).